The van der Waals surface area contributed by atoms with E-state index in [1.165, 1.54) is 0 Å². The van der Waals surface area contributed by atoms with Crippen LogP contribution in [0.2, 0.25) is 5.02 Å². The van der Waals surface area contributed by atoms with E-state index >= 15 is 0 Å². The molecule has 25 heavy (non-hydrogen) atoms. The second-order valence-electron chi connectivity index (χ2n) is 5.54. The maximum Gasteiger partial charge on any atom is 0.230 e. The number of amides is 1. The Labute approximate surface area is 158 Å². The lowest BCUT2D eigenvalue weighted by Gasteiger charge is -2.11. The number of halogens is 1. The molecule has 2 N–H and O–H groups in total. The predicted molar refractivity (Wildman–Crippen MR) is 106 cm³/mol. The van der Waals surface area contributed by atoms with Gasteiger partial charge in [-0.3, -0.25) is 4.79 Å². The highest BCUT2D eigenvalue weighted by Gasteiger charge is 2.07. The Morgan fingerprint density at radius 2 is 1.96 bits per heavy atom. The molecule has 1 amide bonds. The van der Waals surface area contributed by atoms with E-state index in [1.54, 1.807) is 12.1 Å². The number of hydrogen-bond donors (Lipinski definition) is 2. The molecule has 0 heterocycles. The van der Waals surface area contributed by atoms with Crippen molar-refractivity contribution in [1.29, 1.82) is 0 Å². The van der Waals surface area contributed by atoms with E-state index in [1.807, 2.05) is 36.4 Å². The number of benzene rings is 2. The van der Waals surface area contributed by atoms with Crippen LogP contribution in [0, 0.1) is 0 Å². The van der Waals surface area contributed by atoms with Gasteiger partial charge in [0.05, 0.1) is 13.0 Å². The molecule has 0 unspecified atom stereocenters. The van der Waals surface area contributed by atoms with Gasteiger partial charge in [0.25, 0.3) is 0 Å². The average molecular weight is 377 g/mol. The van der Waals surface area contributed by atoms with Crippen LogP contribution in [0.25, 0.3) is 0 Å². The number of carbonyl (C=O) groups is 1. The standard InChI is InChI=1S/C19H21ClN2O2S/c1-2-3-11-24-17-6-4-5-16(13-17)21-19(25)22-18(23)12-14-7-9-15(20)10-8-14/h4-10,13H,2-3,11-12H2,1H3,(H2,21,22,23,25). The van der Waals surface area contributed by atoms with Crippen LogP contribution >= 0.6 is 23.8 Å². The summed E-state index contributed by atoms with van der Waals surface area (Å²) in [4.78, 5) is 12.0. The van der Waals surface area contributed by atoms with E-state index in [0.29, 0.717) is 11.6 Å². The number of thiocarbonyl (C=S) groups is 1. The van der Waals surface area contributed by atoms with Gasteiger partial charge in [-0.05, 0) is 48.5 Å². The molecule has 0 saturated heterocycles. The van der Waals surface area contributed by atoms with Crippen LogP contribution in [-0.2, 0) is 11.2 Å². The van der Waals surface area contributed by atoms with Crippen molar-refractivity contribution >= 4 is 40.5 Å². The number of nitrogens with one attached hydrogen (secondary N) is 2. The van der Waals surface area contributed by atoms with Gasteiger partial charge in [0.1, 0.15) is 5.75 Å². The fourth-order valence-electron chi connectivity index (χ4n) is 2.12. The van der Waals surface area contributed by atoms with E-state index in [4.69, 9.17) is 28.6 Å². The van der Waals surface area contributed by atoms with Gasteiger partial charge in [-0.15, -0.1) is 0 Å². The molecule has 0 fully saturated rings. The fraction of sp³-hybridized carbons (Fsp3) is 0.263. The van der Waals surface area contributed by atoms with Crippen LogP contribution in [0.5, 0.6) is 5.75 Å². The summed E-state index contributed by atoms with van der Waals surface area (Å²) >= 11 is 11.0. The lowest BCUT2D eigenvalue weighted by atomic mass is 10.1. The second-order valence-corrected chi connectivity index (χ2v) is 6.38. The lowest BCUT2D eigenvalue weighted by Crippen LogP contribution is -2.35. The Kier molecular flexibility index (Phi) is 7.70. The van der Waals surface area contributed by atoms with Gasteiger partial charge in [-0.2, -0.15) is 0 Å². The number of rotatable bonds is 7. The summed E-state index contributed by atoms with van der Waals surface area (Å²) in [5.74, 6) is 0.587. The Bertz CT molecular complexity index is 720. The maximum atomic E-state index is 12.0. The van der Waals surface area contributed by atoms with Crippen LogP contribution < -0.4 is 15.4 Å². The Hall–Kier alpha value is -2.11. The minimum absolute atomic E-state index is 0.185. The average Bonchev–Trinajstić information content (AvgIpc) is 2.57. The summed E-state index contributed by atoms with van der Waals surface area (Å²) in [6.07, 6.45) is 2.33. The first kappa shape index (κ1) is 19.2. The summed E-state index contributed by atoms with van der Waals surface area (Å²) in [5.41, 5.74) is 1.64. The van der Waals surface area contributed by atoms with Crippen molar-refractivity contribution in [2.45, 2.75) is 26.2 Å². The summed E-state index contributed by atoms with van der Waals surface area (Å²) in [6, 6.07) is 14.6. The zero-order valence-electron chi connectivity index (χ0n) is 14.0. The topological polar surface area (TPSA) is 50.4 Å². The van der Waals surface area contributed by atoms with Crippen LogP contribution in [0.3, 0.4) is 0 Å². The van der Waals surface area contributed by atoms with E-state index in [2.05, 4.69) is 17.6 Å². The minimum Gasteiger partial charge on any atom is -0.494 e. The molecule has 0 radical (unpaired) electrons. The van der Waals surface area contributed by atoms with Gasteiger partial charge >= 0.3 is 0 Å². The van der Waals surface area contributed by atoms with Crippen LogP contribution in [0.1, 0.15) is 25.3 Å². The van der Waals surface area contributed by atoms with Crippen molar-refractivity contribution in [2.75, 3.05) is 11.9 Å². The van der Waals surface area contributed by atoms with Gasteiger partial charge in [0.2, 0.25) is 5.91 Å². The second kappa shape index (κ2) is 10.0. The molecule has 2 rings (SSSR count). The molecule has 6 heteroatoms. The molecule has 0 aliphatic carbocycles. The summed E-state index contributed by atoms with van der Waals surface area (Å²) < 4.78 is 5.66. The zero-order chi connectivity index (χ0) is 18.1. The molecule has 4 nitrogen and oxygen atoms in total. The number of unbranched alkanes of at least 4 members (excludes halogenated alkanes) is 1. The van der Waals surface area contributed by atoms with Crippen molar-refractivity contribution in [3.8, 4) is 5.75 Å². The number of carbonyl (C=O) groups excluding carboxylic acids is 1. The Morgan fingerprint density at radius 1 is 1.20 bits per heavy atom. The lowest BCUT2D eigenvalue weighted by molar-refractivity contribution is -0.119. The first-order chi connectivity index (χ1) is 12.1. The fourth-order valence-corrected chi connectivity index (χ4v) is 2.48. The van der Waals surface area contributed by atoms with E-state index in [0.717, 1.165) is 29.8 Å². The highest BCUT2D eigenvalue weighted by atomic mass is 35.5. The molecule has 0 saturated carbocycles. The predicted octanol–water partition coefficient (Wildman–Crippen LogP) is 4.57. The zero-order valence-corrected chi connectivity index (χ0v) is 15.6. The van der Waals surface area contributed by atoms with E-state index < -0.39 is 0 Å². The molecule has 0 spiro atoms. The normalized spacial score (nSPS) is 10.2. The Morgan fingerprint density at radius 3 is 2.68 bits per heavy atom. The van der Waals surface area contributed by atoms with Gasteiger partial charge in [-0.25, -0.2) is 0 Å². The van der Waals surface area contributed by atoms with Crippen LogP contribution in [0.15, 0.2) is 48.5 Å². The van der Waals surface area contributed by atoms with Crippen molar-refractivity contribution in [3.63, 3.8) is 0 Å². The van der Waals surface area contributed by atoms with Gasteiger partial charge in [-0.1, -0.05) is 43.1 Å². The minimum atomic E-state index is -0.185. The molecule has 2 aromatic carbocycles. The van der Waals surface area contributed by atoms with E-state index in [9.17, 15) is 4.79 Å². The third-order valence-corrected chi connectivity index (χ3v) is 3.85. The first-order valence-electron chi connectivity index (χ1n) is 8.15. The van der Waals surface area contributed by atoms with Gasteiger partial charge in [0, 0.05) is 16.8 Å². The third kappa shape index (κ3) is 7.11. The van der Waals surface area contributed by atoms with Crippen molar-refractivity contribution in [3.05, 3.63) is 59.1 Å². The molecule has 0 aliphatic heterocycles. The smallest absolute Gasteiger partial charge is 0.230 e. The molecule has 132 valence electrons. The summed E-state index contributed by atoms with van der Waals surface area (Å²) in [5, 5.41) is 6.56. The van der Waals surface area contributed by atoms with Crippen molar-refractivity contribution in [2.24, 2.45) is 0 Å². The molecular weight excluding hydrogens is 356 g/mol. The molecule has 0 aromatic heterocycles. The highest BCUT2D eigenvalue weighted by molar-refractivity contribution is 7.80. The molecule has 2 aromatic rings. The van der Waals surface area contributed by atoms with Crippen molar-refractivity contribution < 1.29 is 9.53 Å². The van der Waals surface area contributed by atoms with Crippen LogP contribution in [-0.4, -0.2) is 17.6 Å². The first-order valence-corrected chi connectivity index (χ1v) is 8.93. The third-order valence-electron chi connectivity index (χ3n) is 3.39. The van der Waals surface area contributed by atoms with Crippen molar-refractivity contribution in [1.82, 2.24) is 5.32 Å². The monoisotopic (exact) mass is 376 g/mol. The SMILES string of the molecule is CCCCOc1cccc(NC(=S)NC(=O)Cc2ccc(Cl)cc2)c1. The quantitative estimate of drug-likeness (QED) is 0.548. The van der Waals surface area contributed by atoms with Crippen LogP contribution in [0.4, 0.5) is 5.69 Å². The molecule has 0 bridgehead atoms. The number of ether oxygens (including phenoxy) is 1. The molecule has 0 aliphatic rings. The number of anilines is 1. The van der Waals surface area contributed by atoms with E-state index in [-0.39, 0.29) is 17.4 Å². The van der Waals surface area contributed by atoms with Gasteiger partial charge < -0.3 is 15.4 Å². The maximum absolute atomic E-state index is 12.0. The number of hydrogen-bond acceptors (Lipinski definition) is 3. The van der Waals surface area contributed by atoms with Gasteiger partial charge in [0.15, 0.2) is 5.11 Å². The highest BCUT2D eigenvalue weighted by Crippen LogP contribution is 2.17. The molecular formula is C19H21ClN2O2S. The largest absolute Gasteiger partial charge is 0.494 e. The molecule has 0 atom stereocenters. The summed E-state index contributed by atoms with van der Waals surface area (Å²) in [6.45, 7) is 2.80. The Balaban J connectivity index is 1.83. The summed E-state index contributed by atoms with van der Waals surface area (Å²) in [7, 11) is 0.